The Balaban J connectivity index is 1.71. The van der Waals surface area contributed by atoms with Gasteiger partial charge in [0.1, 0.15) is 11.3 Å². The van der Waals surface area contributed by atoms with Crippen LogP contribution >= 0.6 is 11.6 Å². The van der Waals surface area contributed by atoms with Gasteiger partial charge in [0.25, 0.3) is 5.91 Å². The summed E-state index contributed by atoms with van der Waals surface area (Å²) >= 11 is 5.95. The first-order valence-electron chi connectivity index (χ1n) is 9.63. The van der Waals surface area contributed by atoms with Crippen molar-refractivity contribution in [3.63, 3.8) is 0 Å². The number of sulfone groups is 1. The second kappa shape index (κ2) is 8.36. The molecule has 0 aliphatic carbocycles. The predicted octanol–water partition coefficient (Wildman–Crippen LogP) is 3.28. The fourth-order valence-electron chi connectivity index (χ4n) is 3.69. The lowest BCUT2D eigenvalue weighted by molar-refractivity contribution is 0.0648. The van der Waals surface area contributed by atoms with Crippen LogP contribution in [0.2, 0.25) is 5.02 Å². The molecular weight excluding hydrogens is 442 g/mol. The van der Waals surface area contributed by atoms with Crippen LogP contribution in [-0.2, 0) is 16.4 Å². The van der Waals surface area contributed by atoms with Crippen molar-refractivity contribution in [2.24, 2.45) is 0 Å². The van der Waals surface area contributed by atoms with Crippen LogP contribution in [0.5, 0.6) is 5.75 Å². The van der Waals surface area contributed by atoms with Crippen molar-refractivity contribution < 1.29 is 22.4 Å². The van der Waals surface area contributed by atoms with E-state index in [2.05, 4.69) is 0 Å². The topological polar surface area (TPSA) is 93.9 Å². The maximum atomic E-state index is 13.4. The number of benzene rings is 2. The minimum absolute atomic E-state index is 0.0181. The molecule has 1 saturated heterocycles. The van der Waals surface area contributed by atoms with Crippen LogP contribution in [0.15, 0.2) is 57.7 Å². The lowest BCUT2D eigenvalue weighted by Gasteiger charge is -2.28. The number of carbonyl (C=O) groups is 1. The molecule has 9 heteroatoms. The summed E-state index contributed by atoms with van der Waals surface area (Å²) in [6.45, 7) is 0.172. The van der Waals surface area contributed by atoms with E-state index in [-0.39, 0.29) is 34.8 Å². The van der Waals surface area contributed by atoms with Crippen molar-refractivity contribution in [3.05, 3.63) is 75.1 Å². The molecule has 31 heavy (non-hydrogen) atoms. The quantitative estimate of drug-likeness (QED) is 0.578. The Hall–Kier alpha value is -2.84. The van der Waals surface area contributed by atoms with Gasteiger partial charge in [0.2, 0.25) is 0 Å². The number of carbonyl (C=O) groups excluding carboxylic acids is 1. The van der Waals surface area contributed by atoms with E-state index in [4.69, 9.17) is 20.8 Å². The number of nitrogens with zero attached hydrogens (tertiary/aromatic N) is 1. The zero-order chi connectivity index (χ0) is 22.2. The van der Waals surface area contributed by atoms with E-state index in [1.54, 1.807) is 37.4 Å². The first-order valence-corrected chi connectivity index (χ1v) is 11.8. The number of ether oxygens (including phenoxy) is 1. The van der Waals surface area contributed by atoms with E-state index in [9.17, 15) is 18.0 Å². The maximum absolute atomic E-state index is 13.4. The third kappa shape index (κ3) is 4.60. The number of rotatable bonds is 5. The van der Waals surface area contributed by atoms with Crippen molar-refractivity contribution in [2.45, 2.75) is 19.0 Å². The molecule has 0 saturated carbocycles. The smallest absolute Gasteiger partial charge is 0.290 e. The highest BCUT2D eigenvalue weighted by Gasteiger charge is 2.36. The van der Waals surface area contributed by atoms with Gasteiger partial charge in [-0.2, -0.15) is 0 Å². The average Bonchev–Trinajstić information content (AvgIpc) is 3.11. The van der Waals surface area contributed by atoms with Gasteiger partial charge in [0, 0.05) is 23.7 Å². The number of methoxy groups -OCH3 is 1. The molecule has 0 N–H and O–H groups in total. The van der Waals surface area contributed by atoms with Crippen LogP contribution in [0.25, 0.3) is 11.0 Å². The lowest BCUT2D eigenvalue weighted by atomic mass is 10.1. The van der Waals surface area contributed by atoms with E-state index in [1.807, 2.05) is 0 Å². The molecule has 2 aromatic carbocycles. The van der Waals surface area contributed by atoms with Crippen molar-refractivity contribution in [2.75, 3.05) is 18.6 Å². The number of fused-ring (bicyclic) bond motifs is 1. The van der Waals surface area contributed by atoms with Crippen LogP contribution in [0.3, 0.4) is 0 Å². The van der Waals surface area contributed by atoms with Crippen LogP contribution < -0.4 is 10.2 Å². The largest absolute Gasteiger partial charge is 0.497 e. The number of hydrogen-bond donors (Lipinski definition) is 0. The zero-order valence-corrected chi connectivity index (χ0v) is 18.3. The molecule has 1 fully saturated rings. The summed E-state index contributed by atoms with van der Waals surface area (Å²) in [6.07, 6.45) is 0.331. The standard InChI is InChI=1S/C22H20ClNO6S/c1-29-17-5-2-14(3-6-17)12-24(16-8-9-31(27,28)13-16)22(26)21-11-19(25)18-10-15(23)4-7-20(18)30-21/h2-7,10-11,16H,8-9,12-13H2,1H3/t16-/m0/s1. The van der Waals surface area contributed by atoms with Crippen LogP contribution in [-0.4, -0.2) is 43.9 Å². The maximum Gasteiger partial charge on any atom is 0.290 e. The van der Waals surface area contributed by atoms with Gasteiger partial charge >= 0.3 is 0 Å². The molecule has 1 aliphatic heterocycles. The molecule has 0 bridgehead atoms. The SMILES string of the molecule is COc1ccc(CN(C(=O)c2cc(=O)c3cc(Cl)ccc3o2)[C@H]2CCS(=O)(=O)C2)cc1. The normalized spacial score (nSPS) is 17.5. The summed E-state index contributed by atoms with van der Waals surface area (Å²) in [6, 6.07) is 12.4. The van der Waals surface area contributed by atoms with E-state index >= 15 is 0 Å². The summed E-state index contributed by atoms with van der Waals surface area (Å²) in [5.41, 5.74) is 0.646. The Morgan fingerprint density at radius 1 is 1.19 bits per heavy atom. The van der Waals surface area contributed by atoms with Gasteiger partial charge in [-0.15, -0.1) is 0 Å². The van der Waals surface area contributed by atoms with Crippen molar-refractivity contribution in [1.29, 1.82) is 0 Å². The van der Waals surface area contributed by atoms with Gasteiger partial charge in [-0.1, -0.05) is 23.7 Å². The number of halogens is 1. The summed E-state index contributed by atoms with van der Waals surface area (Å²) < 4.78 is 35.0. The average molecular weight is 462 g/mol. The minimum Gasteiger partial charge on any atom is -0.497 e. The first kappa shape index (κ1) is 21.4. The van der Waals surface area contributed by atoms with Crippen molar-refractivity contribution in [1.82, 2.24) is 4.90 Å². The molecule has 0 radical (unpaired) electrons. The van der Waals surface area contributed by atoms with Crippen molar-refractivity contribution >= 4 is 38.3 Å². The molecule has 1 aliphatic rings. The Bertz CT molecular complexity index is 1300. The molecule has 1 atom stereocenters. The monoisotopic (exact) mass is 461 g/mol. The first-order chi connectivity index (χ1) is 14.8. The highest BCUT2D eigenvalue weighted by molar-refractivity contribution is 7.91. The lowest BCUT2D eigenvalue weighted by Crippen LogP contribution is -2.40. The number of amides is 1. The zero-order valence-electron chi connectivity index (χ0n) is 16.7. The summed E-state index contributed by atoms with van der Waals surface area (Å²) in [4.78, 5) is 27.4. The Labute approximate surface area is 184 Å². The van der Waals surface area contributed by atoms with Gasteiger partial charge in [0.15, 0.2) is 21.0 Å². The van der Waals surface area contributed by atoms with E-state index in [0.29, 0.717) is 17.2 Å². The van der Waals surface area contributed by atoms with Gasteiger partial charge in [0.05, 0.1) is 24.0 Å². The fourth-order valence-corrected chi connectivity index (χ4v) is 5.59. The molecule has 2 heterocycles. The van der Waals surface area contributed by atoms with Gasteiger partial charge in [-0.25, -0.2) is 8.42 Å². The predicted molar refractivity (Wildman–Crippen MR) is 117 cm³/mol. The van der Waals surface area contributed by atoms with E-state index < -0.39 is 27.2 Å². The van der Waals surface area contributed by atoms with Gasteiger partial charge < -0.3 is 14.1 Å². The summed E-state index contributed by atoms with van der Waals surface area (Å²) in [7, 11) is -1.67. The highest BCUT2D eigenvalue weighted by atomic mass is 35.5. The van der Waals surface area contributed by atoms with Crippen LogP contribution in [0.1, 0.15) is 22.5 Å². The van der Waals surface area contributed by atoms with Gasteiger partial charge in [-0.3, -0.25) is 9.59 Å². The van der Waals surface area contributed by atoms with Crippen LogP contribution in [0, 0.1) is 0 Å². The molecule has 3 aromatic rings. The van der Waals surface area contributed by atoms with Crippen molar-refractivity contribution in [3.8, 4) is 5.75 Å². The van der Waals surface area contributed by atoms with Crippen LogP contribution in [0.4, 0.5) is 0 Å². The van der Waals surface area contributed by atoms with E-state index in [0.717, 1.165) is 11.6 Å². The summed E-state index contributed by atoms with van der Waals surface area (Å²) in [5, 5.41) is 0.658. The Morgan fingerprint density at radius 3 is 2.58 bits per heavy atom. The molecule has 0 spiro atoms. The number of hydrogen-bond acceptors (Lipinski definition) is 6. The Morgan fingerprint density at radius 2 is 1.94 bits per heavy atom. The van der Waals surface area contributed by atoms with Gasteiger partial charge in [-0.05, 0) is 42.3 Å². The molecule has 162 valence electrons. The minimum atomic E-state index is -3.23. The molecule has 1 amide bonds. The molecule has 1 aromatic heterocycles. The third-order valence-electron chi connectivity index (χ3n) is 5.32. The summed E-state index contributed by atoms with van der Waals surface area (Å²) in [5.74, 6) is -0.110. The molecular formula is C22H20ClNO6S. The third-order valence-corrected chi connectivity index (χ3v) is 7.31. The second-order valence-electron chi connectivity index (χ2n) is 7.45. The Kier molecular flexibility index (Phi) is 5.77. The fraction of sp³-hybridized carbons (Fsp3) is 0.273. The molecule has 0 unspecified atom stereocenters. The second-order valence-corrected chi connectivity index (χ2v) is 10.1. The highest BCUT2D eigenvalue weighted by Crippen LogP contribution is 2.24. The molecule has 7 nitrogen and oxygen atoms in total. The molecule has 4 rings (SSSR count). The van der Waals surface area contributed by atoms with E-state index in [1.165, 1.54) is 17.0 Å².